The Morgan fingerprint density at radius 2 is 2.06 bits per heavy atom. The molecule has 2 aromatic heterocycles. The van der Waals surface area contributed by atoms with Crippen LogP contribution in [-0.4, -0.2) is 53.7 Å². The van der Waals surface area contributed by atoms with Crippen LogP contribution in [0.25, 0.3) is 22.4 Å². The van der Waals surface area contributed by atoms with E-state index in [2.05, 4.69) is 9.97 Å². The third-order valence-corrected chi connectivity index (χ3v) is 5.80. The predicted molar refractivity (Wildman–Crippen MR) is 117 cm³/mol. The molecule has 1 amide bonds. The number of hydrogen-bond acceptors (Lipinski definition) is 7. The second-order valence-electron chi connectivity index (χ2n) is 7.85. The molecule has 34 heavy (non-hydrogen) atoms. The third kappa shape index (κ3) is 4.45. The zero-order chi connectivity index (χ0) is 24.5. The molecule has 0 bridgehead atoms. The van der Waals surface area contributed by atoms with Crippen molar-refractivity contribution in [2.75, 3.05) is 26.9 Å². The zero-order valence-electron chi connectivity index (χ0n) is 18.8. The lowest BCUT2D eigenvalue weighted by atomic mass is 10.1. The first-order valence-electron chi connectivity index (χ1n) is 10.9. The van der Waals surface area contributed by atoms with Crippen molar-refractivity contribution in [1.29, 1.82) is 0 Å². The van der Waals surface area contributed by atoms with Gasteiger partial charge in [-0.3, -0.25) is 4.79 Å². The summed E-state index contributed by atoms with van der Waals surface area (Å²) in [6, 6.07) is 5.19. The average molecular weight is 478 g/mol. The molecule has 2 N–H and O–H groups in total. The zero-order valence-corrected chi connectivity index (χ0v) is 18.8. The van der Waals surface area contributed by atoms with Crippen molar-refractivity contribution in [2.24, 2.45) is 5.73 Å². The second kappa shape index (κ2) is 9.59. The highest BCUT2D eigenvalue weighted by atomic mass is 19.4. The number of pyridine rings is 1. The highest BCUT2D eigenvalue weighted by Gasteiger charge is 2.35. The Morgan fingerprint density at radius 1 is 1.26 bits per heavy atom. The molecular formula is C23H25F3N4O4. The van der Waals surface area contributed by atoms with Crippen molar-refractivity contribution in [3.63, 3.8) is 0 Å². The minimum Gasteiger partial charge on any atom is -0.494 e. The number of oxazole rings is 1. The predicted octanol–water partition coefficient (Wildman–Crippen LogP) is 4.02. The molecule has 11 heteroatoms. The van der Waals surface area contributed by atoms with Crippen LogP contribution < -0.4 is 10.5 Å². The third-order valence-electron chi connectivity index (χ3n) is 5.80. The van der Waals surface area contributed by atoms with Crippen LogP contribution in [0.3, 0.4) is 0 Å². The van der Waals surface area contributed by atoms with E-state index in [4.69, 9.17) is 19.6 Å². The maximum absolute atomic E-state index is 13.3. The van der Waals surface area contributed by atoms with Crippen LogP contribution in [0.2, 0.25) is 0 Å². The van der Waals surface area contributed by atoms with Crippen LogP contribution in [0.1, 0.15) is 41.7 Å². The highest BCUT2D eigenvalue weighted by molar-refractivity contribution is 5.98. The molecule has 0 spiro atoms. The molecule has 8 nitrogen and oxygen atoms in total. The molecule has 4 rings (SSSR count). The van der Waals surface area contributed by atoms with E-state index in [1.54, 1.807) is 11.0 Å². The molecule has 0 saturated carbocycles. The molecule has 1 fully saturated rings. The van der Waals surface area contributed by atoms with Crippen LogP contribution in [0.5, 0.6) is 5.75 Å². The maximum Gasteiger partial charge on any atom is 0.433 e. The van der Waals surface area contributed by atoms with Crippen molar-refractivity contribution >= 4 is 16.8 Å². The fourth-order valence-corrected chi connectivity index (χ4v) is 4.14. The van der Waals surface area contributed by atoms with Crippen molar-refractivity contribution in [3.8, 4) is 17.2 Å². The van der Waals surface area contributed by atoms with Crippen LogP contribution in [-0.2, 0) is 17.5 Å². The van der Waals surface area contributed by atoms with Crippen molar-refractivity contribution in [3.05, 3.63) is 41.4 Å². The molecular weight excluding hydrogens is 453 g/mol. The Kier molecular flexibility index (Phi) is 6.76. The van der Waals surface area contributed by atoms with Gasteiger partial charge in [-0.1, -0.05) is 0 Å². The fraction of sp³-hybridized carbons (Fsp3) is 0.435. The monoisotopic (exact) mass is 478 g/mol. The van der Waals surface area contributed by atoms with E-state index in [1.807, 2.05) is 6.92 Å². The average Bonchev–Trinajstić information content (AvgIpc) is 3.47. The number of nitrogens with zero attached hydrogens (tertiary/aromatic N) is 3. The molecule has 1 aliphatic heterocycles. The maximum atomic E-state index is 13.3. The lowest BCUT2D eigenvalue weighted by molar-refractivity contribution is -0.140. The standard InChI is InChI=1S/C23H25F3N4O4/c1-3-33-12-13-5-4-10-30(13)22(31)20-17(11-27)34-21(29-20)15-6-8-16(32-2)19-14(15)7-9-18(28-19)23(24,25)26/h6-9,13H,3-5,10-12,27H2,1-2H3/t13-/m0/s1. The summed E-state index contributed by atoms with van der Waals surface area (Å²) in [6.45, 7) is 3.38. The van der Waals surface area contributed by atoms with Crippen LogP contribution in [0, 0.1) is 0 Å². The van der Waals surface area contributed by atoms with Gasteiger partial charge in [0.05, 0.1) is 26.3 Å². The molecule has 0 radical (unpaired) electrons. The number of carbonyl (C=O) groups excluding carboxylic acids is 1. The van der Waals surface area contributed by atoms with E-state index in [9.17, 15) is 18.0 Å². The largest absolute Gasteiger partial charge is 0.494 e. The lowest BCUT2D eigenvalue weighted by Crippen LogP contribution is -2.39. The lowest BCUT2D eigenvalue weighted by Gasteiger charge is -2.23. The van der Waals surface area contributed by atoms with Crippen molar-refractivity contribution < 1.29 is 31.9 Å². The Bertz CT molecular complexity index is 1190. The first kappa shape index (κ1) is 24.0. The van der Waals surface area contributed by atoms with E-state index in [0.717, 1.165) is 18.9 Å². The topological polar surface area (TPSA) is 104 Å². The van der Waals surface area contributed by atoms with Crippen molar-refractivity contribution in [2.45, 2.75) is 38.5 Å². The summed E-state index contributed by atoms with van der Waals surface area (Å²) in [4.78, 5) is 23.2. The Morgan fingerprint density at radius 3 is 2.74 bits per heavy atom. The van der Waals surface area contributed by atoms with Gasteiger partial charge in [-0.05, 0) is 44.0 Å². The molecule has 1 aliphatic rings. The molecule has 1 atom stereocenters. The van der Waals surface area contributed by atoms with Crippen LogP contribution >= 0.6 is 0 Å². The van der Waals surface area contributed by atoms with Gasteiger partial charge in [0.15, 0.2) is 11.5 Å². The number of likely N-dealkylation sites (tertiary alicyclic amines) is 1. The Hall–Kier alpha value is -3.18. The van der Waals surface area contributed by atoms with Crippen LogP contribution in [0.15, 0.2) is 28.7 Å². The molecule has 182 valence electrons. The quantitative estimate of drug-likeness (QED) is 0.547. The number of ether oxygens (including phenoxy) is 2. The molecule has 0 aliphatic carbocycles. The van der Waals surface area contributed by atoms with Crippen molar-refractivity contribution in [1.82, 2.24) is 14.9 Å². The summed E-state index contributed by atoms with van der Waals surface area (Å²) in [7, 11) is 1.35. The Labute approximate surface area is 193 Å². The number of benzene rings is 1. The molecule has 0 unspecified atom stereocenters. The van der Waals surface area contributed by atoms with Gasteiger partial charge in [0, 0.05) is 24.1 Å². The van der Waals surface area contributed by atoms with E-state index >= 15 is 0 Å². The molecule has 3 heterocycles. The number of carbonyl (C=O) groups is 1. The number of amides is 1. The minimum atomic E-state index is -4.61. The van der Waals surface area contributed by atoms with Gasteiger partial charge in [-0.25, -0.2) is 9.97 Å². The van der Waals surface area contributed by atoms with Gasteiger partial charge in [0.25, 0.3) is 5.91 Å². The number of halogens is 3. The first-order valence-corrected chi connectivity index (χ1v) is 10.9. The smallest absolute Gasteiger partial charge is 0.433 e. The highest BCUT2D eigenvalue weighted by Crippen LogP contribution is 2.37. The SMILES string of the molecule is CCOC[C@@H]1CCCN1C(=O)c1nc(-c2ccc(OC)c3nc(C(F)(F)F)ccc23)oc1CN. The normalized spacial score (nSPS) is 16.4. The summed E-state index contributed by atoms with van der Waals surface area (Å²) in [5, 5.41) is 0.339. The van der Waals surface area contributed by atoms with Gasteiger partial charge >= 0.3 is 6.18 Å². The van der Waals surface area contributed by atoms with E-state index in [-0.39, 0.29) is 47.1 Å². The summed E-state index contributed by atoms with van der Waals surface area (Å²) < 4.78 is 56.2. The fourth-order valence-electron chi connectivity index (χ4n) is 4.14. The minimum absolute atomic E-state index is 0.00604. The number of alkyl halides is 3. The second-order valence-corrected chi connectivity index (χ2v) is 7.85. The van der Waals surface area contributed by atoms with Gasteiger partial charge in [-0.2, -0.15) is 13.2 Å². The van der Waals surface area contributed by atoms with Gasteiger partial charge in [-0.15, -0.1) is 0 Å². The van der Waals surface area contributed by atoms with E-state index in [0.29, 0.717) is 30.7 Å². The van der Waals surface area contributed by atoms with E-state index < -0.39 is 11.9 Å². The molecule has 1 aromatic carbocycles. The summed E-state index contributed by atoms with van der Waals surface area (Å²) >= 11 is 0. The number of fused-ring (bicyclic) bond motifs is 1. The van der Waals surface area contributed by atoms with Gasteiger partial charge < -0.3 is 24.5 Å². The van der Waals surface area contributed by atoms with Crippen LogP contribution in [0.4, 0.5) is 13.2 Å². The van der Waals surface area contributed by atoms with E-state index in [1.165, 1.54) is 19.2 Å². The first-order chi connectivity index (χ1) is 16.3. The number of nitrogens with two attached hydrogens (primary N) is 1. The molecule has 3 aromatic rings. The number of rotatable bonds is 7. The number of aromatic nitrogens is 2. The number of methoxy groups -OCH3 is 1. The number of hydrogen-bond donors (Lipinski definition) is 1. The summed E-state index contributed by atoms with van der Waals surface area (Å²) in [5.41, 5.74) is 5.25. The Balaban J connectivity index is 1.76. The summed E-state index contributed by atoms with van der Waals surface area (Å²) in [5.74, 6) is 0.125. The molecule has 1 saturated heterocycles. The van der Waals surface area contributed by atoms with Gasteiger partial charge in [0.1, 0.15) is 17.0 Å². The summed E-state index contributed by atoms with van der Waals surface area (Å²) in [6.07, 6.45) is -2.94. The van der Waals surface area contributed by atoms with Gasteiger partial charge in [0.2, 0.25) is 5.89 Å².